The lowest BCUT2D eigenvalue weighted by molar-refractivity contribution is -0.134. The molecule has 1 saturated carbocycles. The third-order valence-electron chi connectivity index (χ3n) is 6.10. The minimum atomic E-state index is -1.26. The number of likely N-dealkylation sites (tertiary alicyclic amines) is 1. The number of carbonyl (C=O) groups is 3. The molecule has 0 unspecified atom stereocenters. The first-order chi connectivity index (χ1) is 16.4. The Balaban J connectivity index is 0.000000350. The number of hydrogen-bond acceptors (Lipinski definition) is 7. The second-order valence-electron chi connectivity index (χ2n) is 8.56. The normalized spacial score (nSPS) is 17.3. The molecule has 34 heavy (non-hydrogen) atoms. The van der Waals surface area contributed by atoms with Crippen molar-refractivity contribution in [3.63, 3.8) is 0 Å². The number of aliphatic carboxylic acids is 2. The maximum atomic E-state index is 12.4. The van der Waals surface area contributed by atoms with E-state index in [9.17, 15) is 14.4 Å². The summed E-state index contributed by atoms with van der Waals surface area (Å²) in [6, 6.07) is 0. The van der Waals surface area contributed by atoms with E-state index in [1.807, 2.05) is 4.68 Å². The number of rotatable bonds is 7. The molecule has 2 aromatic rings. The molecule has 0 atom stereocenters. The Hall–Kier alpha value is -3.34. The highest BCUT2D eigenvalue weighted by Crippen LogP contribution is 2.27. The molecule has 0 radical (unpaired) electrons. The summed E-state index contributed by atoms with van der Waals surface area (Å²) in [6.45, 7) is 4.16. The molecular formula is C23H32N6O5. The molecule has 0 aromatic carbocycles. The van der Waals surface area contributed by atoms with Gasteiger partial charge in [0.05, 0.1) is 18.1 Å². The fourth-order valence-electron chi connectivity index (χ4n) is 4.30. The van der Waals surface area contributed by atoms with Crippen molar-refractivity contribution in [3.05, 3.63) is 24.7 Å². The lowest BCUT2D eigenvalue weighted by Crippen LogP contribution is -2.28. The topological polar surface area (TPSA) is 151 Å². The van der Waals surface area contributed by atoms with Gasteiger partial charge in [-0.05, 0) is 38.8 Å². The minimum absolute atomic E-state index is 0.0832. The van der Waals surface area contributed by atoms with Crippen LogP contribution in [-0.4, -0.2) is 72.3 Å². The summed E-state index contributed by atoms with van der Waals surface area (Å²) in [4.78, 5) is 42.7. The highest BCUT2D eigenvalue weighted by molar-refractivity contribution is 5.99. The Morgan fingerprint density at radius 3 is 2.21 bits per heavy atom. The molecule has 1 aliphatic heterocycles. The number of anilines is 1. The van der Waals surface area contributed by atoms with Crippen LogP contribution in [0.2, 0.25) is 0 Å². The van der Waals surface area contributed by atoms with E-state index in [4.69, 9.17) is 10.2 Å². The molecule has 0 spiro atoms. The summed E-state index contributed by atoms with van der Waals surface area (Å²) in [6.07, 6.45) is 13.9. The Morgan fingerprint density at radius 2 is 1.59 bits per heavy atom. The molecule has 184 valence electrons. The molecule has 2 aromatic heterocycles. The zero-order valence-electron chi connectivity index (χ0n) is 19.2. The third kappa shape index (κ3) is 7.62. The Labute approximate surface area is 197 Å². The predicted molar refractivity (Wildman–Crippen MR) is 125 cm³/mol. The van der Waals surface area contributed by atoms with Gasteiger partial charge in [0.15, 0.2) is 5.65 Å². The summed E-state index contributed by atoms with van der Waals surface area (Å²) in [5, 5.41) is 24.0. The number of aromatic nitrogens is 4. The molecule has 3 N–H and O–H groups in total. The Kier molecular flexibility index (Phi) is 9.51. The number of nitrogens with one attached hydrogen (secondary N) is 1. The lowest BCUT2D eigenvalue weighted by atomic mass is 10.1. The van der Waals surface area contributed by atoms with Gasteiger partial charge in [0.2, 0.25) is 5.91 Å². The number of carboxylic acid groups (broad SMARTS) is 2. The number of hydrogen-bond donors (Lipinski definition) is 3. The predicted octanol–water partition coefficient (Wildman–Crippen LogP) is 2.54. The zero-order valence-corrected chi connectivity index (χ0v) is 19.2. The van der Waals surface area contributed by atoms with E-state index >= 15 is 0 Å². The summed E-state index contributed by atoms with van der Waals surface area (Å²) in [5.41, 5.74) is 0.802. The SMILES string of the molecule is O=C(Nc1ncnc2c1cnn2CCN1CCCCCC1)C1CCCC1.O=C(O)/C=C\C(=O)O. The van der Waals surface area contributed by atoms with Crippen molar-refractivity contribution in [2.75, 3.05) is 25.0 Å². The molecule has 3 heterocycles. The monoisotopic (exact) mass is 472 g/mol. The highest BCUT2D eigenvalue weighted by Gasteiger charge is 2.24. The second kappa shape index (κ2) is 12.8. The zero-order chi connectivity index (χ0) is 24.3. The van der Waals surface area contributed by atoms with E-state index in [1.54, 1.807) is 6.20 Å². The molecule has 11 nitrogen and oxygen atoms in total. The van der Waals surface area contributed by atoms with Crippen LogP contribution >= 0.6 is 0 Å². The average molecular weight is 473 g/mol. The van der Waals surface area contributed by atoms with Gasteiger partial charge in [0.25, 0.3) is 0 Å². The number of carboxylic acids is 2. The first-order valence-electron chi connectivity index (χ1n) is 11.8. The van der Waals surface area contributed by atoms with Crippen molar-refractivity contribution >= 4 is 34.7 Å². The Morgan fingerprint density at radius 1 is 0.941 bits per heavy atom. The van der Waals surface area contributed by atoms with Crippen molar-refractivity contribution < 1.29 is 24.6 Å². The quantitative estimate of drug-likeness (QED) is 0.516. The molecular weight excluding hydrogens is 440 g/mol. The van der Waals surface area contributed by atoms with Gasteiger partial charge in [0, 0.05) is 24.6 Å². The van der Waals surface area contributed by atoms with Crippen molar-refractivity contribution in [2.45, 2.75) is 57.9 Å². The summed E-state index contributed by atoms with van der Waals surface area (Å²) in [7, 11) is 0. The maximum absolute atomic E-state index is 12.4. The summed E-state index contributed by atoms with van der Waals surface area (Å²) in [5.74, 6) is -1.72. The van der Waals surface area contributed by atoms with Gasteiger partial charge < -0.3 is 20.4 Å². The number of amides is 1. The molecule has 0 bridgehead atoms. The van der Waals surface area contributed by atoms with Crippen LogP contribution < -0.4 is 5.32 Å². The first kappa shape index (κ1) is 25.3. The van der Waals surface area contributed by atoms with Gasteiger partial charge in [-0.3, -0.25) is 4.79 Å². The van der Waals surface area contributed by atoms with Crippen LogP contribution in [0.15, 0.2) is 24.7 Å². The van der Waals surface area contributed by atoms with E-state index < -0.39 is 11.9 Å². The molecule has 1 aliphatic carbocycles. The lowest BCUT2D eigenvalue weighted by Gasteiger charge is -2.19. The van der Waals surface area contributed by atoms with Gasteiger partial charge in [-0.1, -0.05) is 25.7 Å². The molecule has 1 saturated heterocycles. The van der Waals surface area contributed by atoms with Crippen LogP contribution in [0.5, 0.6) is 0 Å². The third-order valence-corrected chi connectivity index (χ3v) is 6.10. The molecule has 2 fully saturated rings. The highest BCUT2D eigenvalue weighted by atomic mass is 16.4. The molecule has 2 aliphatic rings. The van der Waals surface area contributed by atoms with Gasteiger partial charge in [0.1, 0.15) is 12.1 Å². The van der Waals surface area contributed by atoms with Gasteiger partial charge >= 0.3 is 11.9 Å². The van der Waals surface area contributed by atoms with E-state index in [0.29, 0.717) is 18.0 Å². The largest absolute Gasteiger partial charge is 0.478 e. The van der Waals surface area contributed by atoms with Crippen LogP contribution in [0, 0.1) is 5.92 Å². The number of carbonyl (C=O) groups excluding carboxylic acids is 1. The van der Waals surface area contributed by atoms with Crippen molar-refractivity contribution in [3.8, 4) is 0 Å². The van der Waals surface area contributed by atoms with Crippen LogP contribution in [0.25, 0.3) is 11.0 Å². The van der Waals surface area contributed by atoms with Crippen molar-refractivity contribution in [1.29, 1.82) is 0 Å². The number of fused-ring (bicyclic) bond motifs is 1. The number of nitrogens with zero attached hydrogens (tertiary/aromatic N) is 5. The minimum Gasteiger partial charge on any atom is -0.478 e. The fourth-order valence-corrected chi connectivity index (χ4v) is 4.30. The molecule has 11 heteroatoms. The smallest absolute Gasteiger partial charge is 0.328 e. The van der Waals surface area contributed by atoms with Gasteiger partial charge in [-0.15, -0.1) is 0 Å². The van der Waals surface area contributed by atoms with Crippen LogP contribution in [0.4, 0.5) is 5.82 Å². The average Bonchev–Trinajstić information content (AvgIpc) is 3.42. The molecule has 1 amide bonds. The van der Waals surface area contributed by atoms with Crippen LogP contribution in [-0.2, 0) is 20.9 Å². The summed E-state index contributed by atoms with van der Waals surface area (Å²) < 4.78 is 1.94. The van der Waals surface area contributed by atoms with Gasteiger partial charge in [-0.2, -0.15) is 5.10 Å². The second-order valence-corrected chi connectivity index (χ2v) is 8.56. The van der Waals surface area contributed by atoms with E-state index in [-0.39, 0.29) is 11.8 Å². The standard InChI is InChI=1S/C19H28N6O.C4H4O4/c26-19(15-7-3-4-8-15)23-17-16-13-22-25(18(16)21-14-20-17)12-11-24-9-5-1-2-6-10-24;5-3(6)1-2-4(7)8/h13-15H,1-12H2,(H,20,21,23,26);1-2H,(H,5,6)(H,7,8)/b;2-1-. The van der Waals surface area contributed by atoms with E-state index in [0.717, 1.165) is 49.8 Å². The van der Waals surface area contributed by atoms with Crippen molar-refractivity contribution in [1.82, 2.24) is 24.6 Å². The van der Waals surface area contributed by atoms with Crippen LogP contribution in [0.3, 0.4) is 0 Å². The Bertz CT molecular complexity index is 990. The fraction of sp³-hybridized carbons (Fsp3) is 0.565. The van der Waals surface area contributed by atoms with Crippen molar-refractivity contribution in [2.24, 2.45) is 5.92 Å². The van der Waals surface area contributed by atoms with Gasteiger partial charge in [-0.25, -0.2) is 24.2 Å². The maximum Gasteiger partial charge on any atom is 0.328 e. The van der Waals surface area contributed by atoms with Crippen LogP contribution in [0.1, 0.15) is 51.4 Å². The molecule has 4 rings (SSSR count). The van der Waals surface area contributed by atoms with E-state index in [1.165, 1.54) is 45.1 Å². The first-order valence-corrected chi connectivity index (χ1v) is 11.8. The summed E-state index contributed by atoms with van der Waals surface area (Å²) >= 11 is 0. The van der Waals surface area contributed by atoms with E-state index in [2.05, 4.69) is 25.3 Å².